The lowest BCUT2D eigenvalue weighted by Gasteiger charge is -2.24. The molecule has 1 aromatic heterocycles. The normalized spacial score (nSPS) is 18.4. The van der Waals surface area contributed by atoms with Crippen LogP contribution in [0.1, 0.15) is 80.9 Å². The molecule has 5 atom stereocenters. The molecule has 2 aliphatic rings. The molecule has 0 saturated heterocycles. The van der Waals surface area contributed by atoms with Gasteiger partial charge in [0, 0.05) is 41.6 Å². The van der Waals surface area contributed by atoms with E-state index < -0.39 is 36.9 Å². The van der Waals surface area contributed by atoms with Crippen LogP contribution in [0.4, 0.5) is 0 Å². The van der Waals surface area contributed by atoms with Gasteiger partial charge in [-0.1, -0.05) is 61.7 Å². The van der Waals surface area contributed by atoms with Crippen molar-refractivity contribution in [2.75, 3.05) is 13.2 Å². The van der Waals surface area contributed by atoms with Crippen molar-refractivity contribution in [1.82, 2.24) is 15.6 Å². The molecule has 3 aromatic rings. The van der Waals surface area contributed by atoms with Gasteiger partial charge in [0.1, 0.15) is 24.1 Å². The minimum atomic E-state index is -1.92. The number of benzene rings is 2. The van der Waals surface area contributed by atoms with E-state index in [-0.39, 0.29) is 5.54 Å². The Balaban J connectivity index is 1.11. The van der Waals surface area contributed by atoms with Crippen molar-refractivity contribution in [2.24, 2.45) is 0 Å². The number of ether oxygens (including phenoxy) is 1. The number of nitrogens with zero attached hydrogens (tertiary/aromatic N) is 1. The van der Waals surface area contributed by atoms with Crippen LogP contribution >= 0.6 is 11.6 Å². The second-order valence-corrected chi connectivity index (χ2v) is 13.6. The van der Waals surface area contributed by atoms with E-state index >= 15 is 0 Å². The summed E-state index contributed by atoms with van der Waals surface area (Å²) < 4.78 is 6.26. The fourth-order valence-electron chi connectivity index (χ4n) is 6.05. The smallest absolute Gasteiger partial charge is 0.251 e. The molecule has 2 aromatic carbocycles. The van der Waals surface area contributed by atoms with Gasteiger partial charge in [-0.05, 0) is 84.9 Å². The zero-order valence-corrected chi connectivity index (χ0v) is 28.1. The van der Waals surface area contributed by atoms with Crippen LogP contribution in [-0.2, 0) is 16.9 Å². The van der Waals surface area contributed by atoms with Gasteiger partial charge in [0.15, 0.2) is 6.10 Å². The Labute approximate surface area is 287 Å². The molecule has 0 radical (unpaired) electrons. The highest BCUT2D eigenvalue weighted by Crippen LogP contribution is 2.50. The summed E-state index contributed by atoms with van der Waals surface area (Å²) in [5, 5.41) is 54.9. The SMILES string of the molecule is CC(CCCCCNC(=O)C(O)C(O)C(O)C(O)CO)c1ccc(Cl)c(CNC2(c3cnccc3-c3ccccc3OC3CC3)CC2)c1. The van der Waals surface area contributed by atoms with Crippen molar-refractivity contribution in [3.63, 3.8) is 0 Å². The van der Waals surface area contributed by atoms with Crippen LogP contribution in [0.3, 0.4) is 0 Å². The number of amides is 1. The summed E-state index contributed by atoms with van der Waals surface area (Å²) in [6.45, 7) is 2.31. The third kappa shape index (κ3) is 9.12. The van der Waals surface area contributed by atoms with Gasteiger partial charge in [-0.25, -0.2) is 0 Å². The van der Waals surface area contributed by atoms with E-state index in [0.717, 1.165) is 72.4 Å². The molecular formula is C37H48ClN3O7. The Hall–Kier alpha value is -3.09. The van der Waals surface area contributed by atoms with Gasteiger partial charge in [-0.3, -0.25) is 9.78 Å². The van der Waals surface area contributed by atoms with Gasteiger partial charge in [0.05, 0.1) is 12.7 Å². The largest absolute Gasteiger partial charge is 0.490 e. The van der Waals surface area contributed by atoms with Crippen molar-refractivity contribution in [2.45, 2.75) is 107 Å². The molecule has 5 unspecified atom stereocenters. The van der Waals surface area contributed by atoms with Crippen LogP contribution in [0.5, 0.6) is 5.75 Å². The second-order valence-electron chi connectivity index (χ2n) is 13.2. The lowest BCUT2D eigenvalue weighted by atomic mass is 9.93. The zero-order valence-electron chi connectivity index (χ0n) is 27.4. The van der Waals surface area contributed by atoms with E-state index in [0.29, 0.717) is 31.5 Å². The topological polar surface area (TPSA) is 164 Å². The molecule has 10 nitrogen and oxygen atoms in total. The van der Waals surface area contributed by atoms with E-state index in [4.69, 9.17) is 21.4 Å². The Morgan fingerprint density at radius 2 is 1.79 bits per heavy atom. The first-order chi connectivity index (χ1) is 23.1. The van der Waals surface area contributed by atoms with E-state index in [2.05, 4.69) is 58.9 Å². The average molecular weight is 682 g/mol. The summed E-state index contributed by atoms with van der Waals surface area (Å²) in [6.07, 6.45) is 4.44. The van der Waals surface area contributed by atoms with Crippen molar-refractivity contribution in [1.29, 1.82) is 0 Å². The number of nitrogens with one attached hydrogen (secondary N) is 2. The minimum Gasteiger partial charge on any atom is -0.490 e. The number of aliphatic hydroxyl groups is 5. The molecule has 0 aliphatic heterocycles. The molecule has 5 rings (SSSR count). The van der Waals surface area contributed by atoms with Crippen LogP contribution in [0, 0.1) is 0 Å². The van der Waals surface area contributed by atoms with Gasteiger partial charge in [-0.2, -0.15) is 0 Å². The van der Waals surface area contributed by atoms with Crippen LogP contribution in [0.2, 0.25) is 5.02 Å². The molecule has 48 heavy (non-hydrogen) atoms. The number of hydrogen-bond acceptors (Lipinski definition) is 9. The number of aliphatic hydroxyl groups excluding tert-OH is 5. The molecule has 2 fully saturated rings. The number of para-hydroxylation sites is 1. The van der Waals surface area contributed by atoms with E-state index in [9.17, 15) is 25.2 Å². The van der Waals surface area contributed by atoms with Crippen molar-refractivity contribution in [3.8, 4) is 16.9 Å². The summed E-state index contributed by atoms with van der Waals surface area (Å²) in [6, 6.07) is 16.6. The van der Waals surface area contributed by atoms with Crippen molar-refractivity contribution >= 4 is 17.5 Å². The molecule has 260 valence electrons. The minimum absolute atomic E-state index is 0.175. The molecule has 2 saturated carbocycles. The van der Waals surface area contributed by atoms with Gasteiger partial charge < -0.3 is 40.9 Å². The number of unbranched alkanes of at least 4 members (excludes halogenated alkanes) is 2. The summed E-state index contributed by atoms with van der Waals surface area (Å²) in [7, 11) is 0. The maximum Gasteiger partial charge on any atom is 0.251 e. The standard InChI is InChI=1S/C37H48ClN3O7/c1-23(7-3-2-6-17-40-36(47)35(46)34(45)33(44)31(43)22-42)24-10-13-30(38)25(19-24)20-41-37(15-16-37)29-21-39-18-14-27(29)28-8-4-5-9-32(28)48-26-11-12-26/h4-5,8-10,13-14,18-19,21,23,26,31,33-35,41-46H,2-3,6-7,11-12,15-17,20,22H2,1H3,(H,40,47). The number of aromatic nitrogens is 1. The van der Waals surface area contributed by atoms with Crippen LogP contribution in [0.15, 0.2) is 60.9 Å². The first-order valence-corrected chi connectivity index (χ1v) is 17.4. The van der Waals surface area contributed by atoms with Gasteiger partial charge in [-0.15, -0.1) is 0 Å². The van der Waals surface area contributed by atoms with Crippen molar-refractivity contribution in [3.05, 3.63) is 82.6 Å². The highest BCUT2D eigenvalue weighted by Gasteiger charge is 2.46. The average Bonchev–Trinajstić information content (AvgIpc) is 4.05. The van der Waals surface area contributed by atoms with Gasteiger partial charge in [0.25, 0.3) is 5.91 Å². The van der Waals surface area contributed by atoms with Crippen LogP contribution < -0.4 is 15.4 Å². The zero-order chi connectivity index (χ0) is 34.3. The van der Waals surface area contributed by atoms with Crippen LogP contribution in [0.25, 0.3) is 11.1 Å². The Bertz CT molecular complexity index is 1520. The number of carbonyl (C=O) groups excluding carboxylic acids is 1. The number of pyridine rings is 1. The Morgan fingerprint density at radius 3 is 2.52 bits per heavy atom. The molecule has 0 spiro atoms. The fourth-order valence-corrected chi connectivity index (χ4v) is 6.23. The maximum atomic E-state index is 12.1. The lowest BCUT2D eigenvalue weighted by Crippen LogP contribution is -2.51. The third-order valence-electron chi connectivity index (χ3n) is 9.47. The molecule has 11 heteroatoms. The third-order valence-corrected chi connectivity index (χ3v) is 9.84. The molecule has 1 amide bonds. The van der Waals surface area contributed by atoms with E-state index in [1.807, 2.05) is 24.5 Å². The fraction of sp³-hybridized carbons (Fsp3) is 0.514. The molecule has 0 bridgehead atoms. The van der Waals surface area contributed by atoms with Crippen molar-refractivity contribution < 1.29 is 35.1 Å². The molecule has 1 heterocycles. The Kier molecular flexibility index (Phi) is 12.5. The van der Waals surface area contributed by atoms with Gasteiger partial charge >= 0.3 is 0 Å². The number of carbonyl (C=O) groups is 1. The maximum absolute atomic E-state index is 12.1. The second kappa shape index (κ2) is 16.5. The molecule has 2 aliphatic carbocycles. The van der Waals surface area contributed by atoms with E-state index in [1.54, 1.807) is 0 Å². The summed E-state index contributed by atoms with van der Waals surface area (Å²) >= 11 is 6.69. The number of rotatable bonds is 19. The summed E-state index contributed by atoms with van der Waals surface area (Å²) in [5.41, 5.74) is 5.50. The van der Waals surface area contributed by atoms with E-state index in [1.165, 1.54) is 11.1 Å². The highest BCUT2D eigenvalue weighted by molar-refractivity contribution is 6.31. The first-order valence-electron chi connectivity index (χ1n) is 17.0. The predicted molar refractivity (Wildman–Crippen MR) is 184 cm³/mol. The summed E-state index contributed by atoms with van der Waals surface area (Å²) in [4.78, 5) is 16.6. The molecule has 7 N–H and O–H groups in total. The van der Waals surface area contributed by atoms with Gasteiger partial charge in [0.2, 0.25) is 0 Å². The number of halogens is 1. The quantitative estimate of drug-likeness (QED) is 0.0929. The van der Waals surface area contributed by atoms with Crippen LogP contribution in [-0.4, -0.2) is 80.1 Å². The summed E-state index contributed by atoms with van der Waals surface area (Å²) in [5.74, 6) is 0.376. The molecular weight excluding hydrogens is 634 g/mol. The predicted octanol–water partition coefficient (Wildman–Crippen LogP) is 3.94. The number of hydrogen-bond donors (Lipinski definition) is 7. The first kappa shape index (κ1) is 36.2. The Morgan fingerprint density at radius 1 is 1.02 bits per heavy atom. The lowest BCUT2D eigenvalue weighted by molar-refractivity contribution is -0.148. The highest BCUT2D eigenvalue weighted by atomic mass is 35.5. The monoisotopic (exact) mass is 681 g/mol.